The van der Waals surface area contributed by atoms with Crippen molar-refractivity contribution in [2.24, 2.45) is 0 Å². The molecule has 2 rings (SSSR count). The molecule has 0 aliphatic rings. The van der Waals surface area contributed by atoms with Gasteiger partial charge >= 0.3 is 0 Å². The lowest BCUT2D eigenvalue weighted by Crippen LogP contribution is -1.86. The zero-order valence-electron chi connectivity index (χ0n) is 8.64. The fourth-order valence-corrected chi connectivity index (χ4v) is 1.60. The highest BCUT2D eigenvalue weighted by Gasteiger charge is 2.09. The second kappa shape index (κ2) is 4.06. The molecule has 2 aromatic rings. The van der Waals surface area contributed by atoms with Crippen molar-refractivity contribution in [3.8, 4) is 5.88 Å². The Morgan fingerprint density at radius 1 is 1.44 bits per heavy atom. The van der Waals surface area contributed by atoms with Gasteiger partial charge in [0, 0.05) is 17.0 Å². The summed E-state index contributed by atoms with van der Waals surface area (Å²) in [4.78, 5) is 12.8. The van der Waals surface area contributed by atoms with E-state index in [4.69, 9.17) is 4.74 Å². The van der Waals surface area contributed by atoms with Crippen molar-refractivity contribution in [3.63, 3.8) is 0 Å². The first kappa shape index (κ1) is 10.2. The number of nitrogens with one attached hydrogen (secondary N) is 1. The molecule has 5 heteroatoms. The second-order valence-corrected chi connectivity index (χ2v) is 3.22. The van der Waals surface area contributed by atoms with E-state index in [1.807, 2.05) is 24.3 Å². The van der Waals surface area contributed by atoms with Gasteiger partial charge in [0.2, 0.25) is 6.20 Å². The van der Waals surface area contributed by atoms with E-state index in [1.54, 1.807) is 0 Å². The van der Waals surface area contributed by atoms with Crippen LogP contribution in [-0.4, -0.2) is 17.0 Å². The normalized spacial score (nSPS) is 11.1. The first-order chi connectivity index (χ1) is 7.72. The summed E-state index contributed by atoms with van der Waals surface area (Å²) in [6.07, 6.45) is 2.33. The zero-order chi connectivity index (χ0) is 11.5. The quantitative estimate of drug-likeness (QED) is 0.635. The average Bonchev–Trinajstić information content (AvgIpc) is 2.64. The smallest absolute Gasteiger partial charge is 0.235 e. The van der Waals surface area contributed by atoms with Crippen LogP contribution in [0.2, 0.25) is 0 Å². The first-order valence-corrected chi connectivity index (χ1v) is 4.69. The molecule has 0 fully saturated rings. The van der Waals surface area contributed by atoms with Crippen molar-refractivity contribution in [2.45, 2.75) is 0 Å². The maximum absolute atomic E-state index is 10.3. The van der Waals surface area contributed by atoms with E-state index in [1.165, 1.54) is 13.2 Å². The van der Waals surface area contributed by atoms with E-state index >= 15 is 0 Å². The molecule has 0 amide bonds. The van der Waals surface area contributed by atoms with Crippen LogP contribution in [0, 0.1) is 10.1 Å². The molecule has 16 heavy (non-hydrogen) atoms. The fourth-order valence-electron chi connectivity index (χ4n) is 1.60. The first-order valence-electron chi connectivity index (χ1n) is 4.69. The summed E-state index contributed by atoms with van der Waals surface area (Å²) in [5.41, 5.74) is 1.58. The molecule has 0 unspecified atom stereocenters. The average molecular weight is 218 g/mol. The highest BCUT2D eigenvalue weighted by molar-refractivity contribution is 5.91. The Morgan fingerprint density at radius 2 is 2.19 bits per heavy atom. The van der Waals surface area contributed by atoms with E-state index in [0.717, 1.165) is 17.1 Å². The Bertz CT molecular complexity index is 557. The van der Waals surface area contributed by atoms with Crippen LogP contribution in [0.4, 0.5) is 0 Å². The van der Waals surface area contributed by atoms with Crippen LogP contribution in [0.25, 0.3) is 17.0 Å². The van der Waals surface area contributed by atoms with Crippen molar-refractivity contribution >= 4 is 17.0 Å². The summed E-state index contributed by atoms with van der Waals surface area (Å²) >= 11 is 0. The monoisotopic (exact) mass is 218 g/mol. The molecule has 0 atom stereocenters. The van der Waals surface area contributed by atoms with Crippen molar-refractivity contribution < 1.29 is 9.66 Å². The number of hydrogen-bond donors (Lipinski definition) is 1. The molecule has 5 nitrogen and oxygen atoms in total. The lowest BCUT2D eigenvalue weighted by Gasteiger charge is -1.95. The maximum atomic E-state index is 10.3. The summed E-state index contributed by atoms with van der Waals surface area (Å²) in [5.74, 6) is 0.527. The molecule has 0 saturated heterocycles. The number of hydrogen-bond acceptors (Lipinski definition) is 3. The molecule has 0 saturated carbocycles. The standard InChI is InChI=1S/C11H10N2O3/c1-16-11-9(6-7-13(14)15)8-4-2-3-5-10(8)12-11/h2-7,12H,1H3. The van der Waals surface area contributed by atoms with E-state index < -0.39 is 4.92 Å². The van der Waals surface area contributed by atoms with Gasteiger partial charge in [-0.2, -0.15) is 0 Å². The number of ether oxygens (including phenoxy) is 1. The molecule has 82 valence electrons. The number of methoxy groups -OCH3 is 1. The molecule has 0 radical (unpaired) electrons. The van der Waals surface area contributed by atoms with Crippen molar-refractivity contribution in [1.82, 2.24) is 4.98 Å². The lowest BCUT2D eigenvalue weighted by atomic mass is 10.2. The third-order valence-corrected chi connectivity index (χ3v) is 2.28. The molecule has 1 aromatic carbocycles. The van der Waals surface area contributed by atoms with E-state index in [0.29, 0.717) is 11.4 Å². The van der Waals surface area contributed by atoms with E-state index in [2.05, 4.69) is 4.98 Å². The molecule has 0 spiro atoms. The van der Waals surface area contributed by atoms with E-state index in [9.17, 15) is 10.1 Å². The van der Waals surface area contributed by atoms with Gasteiger partial charge in [-0.25, -0.2) is 0 Å². The molecular formula is C11H10N2O3. The van der Waals surface area contributed by atoms with Gasteiger partial charge in [-0.1, -0.05) is 18.2 Å². The number of aromatic nitrogens is 1. The minimum atomic E-state index is -0.499. The molecule has 0 aliphatic heterocycles. The molecule has 0 bridgehead atoms. The predicted octanol–water partition coefficient (Wildman–Crippen LogP) is 2.42. The van der Waals surface area contributed by atoms with Crippen LogP contribution in [-0.2, 0) is 0 Å². The molecule has 1 N–H and O–H groups in total. The van der Waals surface area contributed by atoms with Gasteiger partial charge in [0.1, 0.15) is 0 Å². The topological polar surface area (TPSA) is 68.2 Å². The Kier molecular flexibility index (Phi) is 2.59. The van der Waals surface area contributed by atoms with Gasteiger partial charge in [-0.3, -0.25) is 10.1 Å². The largest absolute Gasteiger partial charge is 0.482 e. The van der Waals surface area contributed by atoms with Crippen LogP contribution < -0.4 is 4.74 Å². The molecule has 1 aromatic heterocycles. The van der Waals surface area contributed by atoms with Gasteiger partial charge in [0.25, 0.3) is 0 Å². The second-order valence-electron chi connectivity index (χ2n) is 3.22. The number of para-hydroxylation sites is 1. The van der Waals surface area contributed by atoms with Crippen molar-refractivity contribution in [2.75, 3.05) is 7.11 Å². The summed E-state index contributed by atoms with van der Waals surface area (Å²) < 4.78 is 5.13. The van der Waals surface area contributed by atoms with Crippen molar-refractivity contribution in [1.29, 1.82) is 0 Å². The minimum Gasteiger partial charge on any atom is -0.482 e. The number of fused-ring (bicyclic) bond motifs is 1. The highest BCUT2D eigenvalue weighted by Crippen LogP contribution is 2.28. The molecule has 1 heterocycles. The van der Waals surface area contributed by atoms with Gasteiger partial charge in [0.05, 0.1) is 17.6 Å². The molecular weight excluding hydrogens is 208 g/mol. The van der Waals surface area contributed by atoms with E-state index in [-0.39, 0.29) is 0 Å². The van der Waals surface area contributed by atoms with Crippen LogP contribution in [0.5, 0.6) is 5.88 Å². The van der Waals surface area contributed by atoms with Crippen LogP contribution in [0.1, 0.15) is 5.56 Å². The zero-order valence-corrected chi connectivity index (χ0v) is 8.64. The Balaban J connectivity index is 2.60. The van der Waals surface area contributed by atoms with Gasteiger partial charge in [0.15, 0.2) is 5.88 Å². The minimum absolute atomic E-state index is 0.499. The number of nitro groups is 1. The number of rotatable bonds is 3. The Labute approximate surface area is 91.5 Å². The predicted molar refractivity (Wildman–Crippen MR) is 60.9 cm³/mol. The Hall–Kier alpha value is -2.30. The summed E-state index contributed by atoms with van der Waals surface area (Å²) in [6, 6.07) is 7.54. The summed E-state index contributed by atoms with van der Waals surface area (Å²) in [6.45, 7) is 0. The third kappa shape index (κ3) is 1.75. The van der Waals surface area contributed by atoms with Crippen LogP contribution in [0.15, 0.2) is 30.5 Å². The van der Waals surface area contributed by atoms with Gasteiger partial charge < -0.3 is 9.72 Å². The van der Waals surface area contributed by atoms with Crippen molar-refractivity contribution in [3.05, 3.63) is 46.1 Å². The van der Waals surface area contributed by atoms with Gasteiger partial charge in [-0.05, 0) is 6.07 Å². The Morgan fingerprint density at radius 3 is 2.88 bits per heavy atom. The van der Waals surface area contributed by atoms with Crippen LogP contribution in [0.3, 0.4) is 0 Å². The third-order valence-electron chi connectivity index (χ3n) is 2.28. The summed E-state index contributed by atoms with van der Waals surface area (Å²) in [7, 11) is 1.52. The number of benzene rings is 1. The number of nitrogens with zero attached hydrogens (tertiary/aromatic N) is 1. The van der Waals surface area contributed by atoms with Crippen LogP contribution >= 0.6 is 0 Å². The lowest BCUT2D eigenvalue weighted by molar-refractivity contribution is -0.400. The SMILES string of the molecule is COc1[nH]c2ccccc2c1C=C[N+](=O)[O-]. The number of H-pyrrole nitrogens is 1. The summed E-state index contributed by atoms with van der Waals surface area (Å²) in [5, 5.41) is 11.2. The number of aromatic amines is 1. The molecule has 0 aliphatic carbocycles. The maximum Gasteiger partial charge on any atom is 0.235 e. The fraction of sp³-hybridized carbons (Fsp3) is 0.0909. The van der Waals surface area contributed by atoms with Gasteiger partial charge in [-0.15, -0.1) is 0 Å². The highest BCUT2D eigenvalue weighted by atomic mass is 16.6.